The monoisotopic (exact) mass is 488 g/mol. The van der Waals surface area contributed by atoms with Crippen molar-refractivity contribution in [3.8, 4) is 5.75 Å². The first-order valence-electron chi connectivity index (χ1n) is 9.99. The number of amides is 2. The lowest BCUT2D eigenvalue weighted by Crippen LogP contribution is -2.42. The number of nitro benzene ring substituents is 1. The Morgan fingerprint density at radius 3 is 2.65 bits per heavy atom. The van der Waals surface area contributed by atoms with Crippen LogP contribution in [0.4, 0.5) is 16.2 Å². The molecule has 12 nitrogen and oxygen atoms in total. The molecule has 0 aliphatic carbocycles. The summed E-state index contributed by atoms with van der Waals surface area (Å²) in [5.74, 6) is -2.35. The number of aliphatic imine (C=N–C) groups is 1. The number of methoxy groups -OCH3 is 1. The van der Waals surface area contributed by atoms with E-state index in [2.05, 4.69) is 4.99 Å². The van der Waals surface area contributed by atoms with Gasteiger partial charge in [0.15, 0.2) is 5.69 Å². The third-order valence-corrected chi connectivity index (χ3v) is 5.37. The van der Waals surface area contributed by atoms with Gasteiger partial charge in [-0.15, -0.1) is 10.1 Å². The molecule has 0 spiro atoms. The Balaban J connectivity index is 1.61. The van der Waals surface area contributed by atoms with Gasteiger partial charge in [0.05, 0.1) is 18.6 Å². The molecule has 0 atom stereocenters. The predicted octanol–water partition coefficient (Wildman–Crippen LogP) is 2.85. The first-order valence-corrected chi connectivity index (χ1v) is 10.4. The number of fused-ring (bicyclic) bond motifs is 1. The molecule has 1 saturated heterocycles. The number of anilines is 1. The highest BCUT2D eigenvalue weighted by molar-refractivity contribution is 6.31. The van der Waals surface area contributed by atoms with E-state index in [1.165, 1.54) is 13.2 Å². The minimum atomic E-state index is -1.52. The number of carbonyl (C=O) groups excluding carboxylic acids is 3. The molecular weight excluding hydrogens is 472 g/mol. The van der Waals surface area contributed by atoms with E-state index in [0.29, 0.717) is 28.1 Å². The zero-order valence-corrected chi connectivity index (χ0v) is 18.5. The number of hydrogen-bond acceptors (Lipinski definition) is 9. The molecule has 0 radical (unpaired) electrons. The maximum absolute atomic E-state index is 13.1. The molecule has 13 heteroatoms. The van der Waals surface area contributed by atoms with E-state index in [-0.39, 0.29) is 18.0 Å². The molecule has 4 rings (SSSR count). The van der Waals surface area contributed by atoms with Crippen molar-refractivity contribution in [3.05, 3.63) is 62.7 Å². The minimum Gasteiger partial charge on any atom is -0.497 e. The summed E-state index contributed by atoms with van der Waals surface area (Å²) >= 11 is 5.82. The molecule has 2 aromatic carbocycles. The Morgan fingerprint density at radius 1 is 1.15 bits per heavy atom. The van der Waals surface area contributed by atoms with Crippen LogP contribution in [0.3, 0.4) is 0 Å². The molecule has 2 aliphatic rings. The zero-order chi connectivity index (χ0) is 24.4. The quantitative estimate of drug-likeness (QED) is 0.343. The second kappa shape index (κ2) is 9.35. The number of rotatable bonds is 6. The average molecular weight is 489 g/mol. The second-order valence-corrected chi connectivity index (χ2v) is 7.61. The van der Waals surface area contributed by atoms with Crippen LogP contribution < -0.4 is 9.80 Å². The first kappa shape index (κ1) is 23.0. The molecule has 0 saturated carbocycles. The minimum absolute atomic E-state index is 0.0256. The summed E-state index contributed by atoms with van der Waals surface area (Å²) in [6.45, 7) is 0.335. The number of halogens is 1. The second-order valence-electron chi connectivity index (χ2n) is 7.18. The van der Waals surface area contributed by atoms with E-state index in [0.717, 1.165) is 29.7 Å². The fraction of sp³-hybridized carbons (Fsp3) is 0.238. The van der Waals surface area contributed by atoms with E-state index in [4.69, 9.17) is 26.0 Å². The van der Waals surface area contributed by atoms with Crippen molar-refractivity contribution in [2.75, 3.05) is 25.3 Å². The molecule has 2 aliphatic heterocycles. The van der Waals surface area contributed by atoms with Crippen LogP contribution >= 0.6 is 11.6 Å². The molecule has 2 heterocycles. The van der Waals surface area contributed by atoms with E-state index in [9.17, 15) is 24.5 Å². The summed E-state index contributed by atoms with van der Waals surface area (Å²) in [6.07, 6.45) is 0.890. The Kier molecular flexibility index (Phi) is 6.32. The van der Waals surface area contributed by atoms with Gasteiger partial charge in [0.1, 0.15) is 5.75 Å². The van der Waals surface area contributed by atoms with Gasteiger partial charge in [-0.1, -0.05) is 17.7 Å². The molecule has 0 unspecified atom stereocenters. The van der Waals surface area contributed by atoms with Gasteiger partial charge in [0, 0.05) is 35.3 Å². The van der Waals surface area contributed by atoms with Crippen LogP contribution in [0.1, 0.15) is 17.5 Å². The van der Waals surface area contributed by atoms with Crippen LogP contribution in [0.15, 0.2) is 41.4 Å². The van der Waals surface area contributed by atoms with Crippen LogP contribution in [-0.4, -0.2) is 53.9 Å². The number of benzene rings is 2. The fourth-order valence-corrected chi connectivity index (χ4v) is 3.70. The van der Waals surface area contributed by atoms with Gasteiger partial charge in [0.25, 0.3) is 5.69 Å². The van der Waals surface area contributed by atoms with E-state index in [1.807, 2.05) is 18.2 Å². The lowest BCUT2D eigenvalue weighted by Gasteiger charge is -2.24. The molecule has 176 valence electrons. The Labute approximate surface area is 197 Å². The van der Waals surface area contributed by atoms with Crippen LogP contribution in [0.2, 0.25) is 5.02 Å². The number of nitrogens with zero attached hydrogens (tertiary/aromatic N) is 4. The van der Waals surface area contributed by atoms with Crippen LogP contribution in [0.5, 0.6) is 5.75 Å². The summed E-state index contributed by atoms with van der Waals surface area (Å²) in [4.78, 5) is 62.0. The molecule has 0 bridgehead atoms. The topological polar surface area (TPSA) is 141 Å². The van der Waals surface area contributed by atoms with Gasteiger partial charge in [-0.25, -0.2) is 14.4 Å². The van der Waals surface area contributed by atoms with Crippen LogP contribution in [-0.2, 0) is 25.7 Å². The van der Waals surface area contributed by atoms with Gasteiger partial charge in [-0.2, -0.15) is 0 Å². The lowest BCUT2D eigenvalue weighted by molar-refractivity contribution is -0.384. The number of nitro groups is 1. The smallest absolute Gasteiger partial charge is 0.444 e. The third-order valence-electron chi connectivity index (χ3n) is 5.14. The predicted molar refractivity (Wildman–Crippen MR) is 118 cm³/mol. The summed E-state index contributed by atoms with van der Waals surface area (Å²) in [7, 11) is 1.54. The van der Waals surface area contributed by atoms with Gasteiger partial charge in [0.2, 0.25) is 0 Å². The van der Waals surface area contributed by atoms with Gasteiger partial charge >= 0.3 is 18.0 Å². The Morgan fingerprint density at radius 2 is 1.91 bits per heavy atom. The van der Waals surface area contributed by atoms with Crippen LogP contribution in [0, 0.1) is 10.1 Å². The first-order chi connectivity index (χ1) is 16.3. The van der Waals surface area contributed by atoms with Crippen molar-refractivity contribution >= 4 is 46.7 Å². The average Bonchev–Trinajstić information content (AvgIpc) is 2.93. The van der Waals surface area contributed by atoms with Crippen molar-refractivity contribution in [2.45, 2.75) is 12.8 Å². The van der Waals surface area contributed by atoms with Gasteiger partial charge in [-0.05, 0) is 36.2 Å². The summed E-state index contributed by atoms with van der Waals surface area (Å²) in [6, 6.07) is 7.83. The molecule has 2 amide bonds. The number of ether oxygens (including phenoxy) is 1. The van der Waals surface area contributed by atoms with E-state index < -0.39 is 34.3 Å². The molecule has 0 aromatic heterocycles. The maximum atomic E-state index is 13.1. The summed E-state index contributed by atoms with van der Waals surface area (Å²) in [5.41, 5.74) is 1.50. The Hall–Kier alpha value is -4.19. The lowest BCUT2D eigenvalue weighted by atomic mass is 9.95. The molecule has 0 N–H and O–H groups in total. The van der Waals surface area contributed by atoms with Crippen molar-refractivity contribution in [2.24, 2.45) is 4.99 Å². The van der Waals surface area contributed by atoms with Crippen LogP contribution in [0.25, 0.3) is 0 Å². The number of carbonyl (C=O) groups is 3. The zero-order valence-electron chi connectivity index (χ0n) is 17.7. The van der Waals surface area contributed by atoms with Gasteiger partial charge < -0.3 is 14.4 Å². The van der Waals surface area contributed by atoms with E-state index in [1.54, 1.807) is 0 Å². The largest absolute Gasteiger partial charge is 0.497 e. The van der Waals surface area contributed by atoms with Crippen molar-refractivity contribution < 1.29 is 33.7 Å². The van der Waals surface area contributed by atoms with E-state index >= 15 is 0 Å². The highest BCUT2D eigenvalue weighted by atomic mass is 35.5. The standard InChI is InChI=1S/C21H17ClN4O8/c1-32-14-4-2-12-6-8-23-16(15(12)11-14)7-9-24-21(29)25(34-20(28)19(27)33-24)17-5-3-13(22)10-18(17)26(30)31/h2-5,10-11H,6-9H2,1H3. The maximum Gasteiger partial charge on any atom is 0.444 e. The van der Waals surface area contributed by atoms with Crippen molar-refractivity contribution in [1.82, 2.24) is 5.06 Å². The van der Waals surface area contributed by atoms with Gasteiger partial charge in [-0.3, -0.25) is 15.1 Å². The summed E-state index contributed by atoms with van der Waals surface area (Å²) in [5, 5.41) is 12.4. The highest BCUT2D eigenvalue weighted by Crippen LogP contribution is 2.33. The fourth-order valence-electron chi connectivity index (χ4n) is 3.53. The number of urea groups is 1. The highest BCUT2D eigenvalue weighted by Gasteiger charge is 2.40. The molecular formula is C21H17ClN4O8. The molecule has 34 heavy (non-hydrogen) atoms. The number of hydroxylamine groups is 3. The normalized spacial score (nSPS) is 15.7. The third kappa shape index (κ3) is 4.48. The molecule has 2 aromatic rings. The number of hydrogen-bond donors (Lipinski definition) is 0. The Bertz CT molecular complexity index is 1230. The molecule has 1 fully saturated rings. The van der Waals surface area contributed by atoms with Crippen molar-refractivity contribution in [3.63, 3.8) is 0 Å². The summed E-state index contributed by atoms with van der Waals surface area (Å²) < 4.78 is 5.27. The SMILES string of the molecule is COc1ccc2c(c1)C(CCN1OC(=O)C(=O)ON(c3ccc(Cl)cc3[N+](=O)[O-])C1=O)=NCC2. The van der Waals surface area contributed by atoms with Crippen molar-refractivity contribution in [1.29, 1.82) is 0 Å².